The maximum Gasteiger partial charge on any atom is 0.127 e. The molecule has 0 bridgehead atoms. The van der Waals surface area contributed by atoms with Crippen LogP contribution < -0.4 is 5.73 Å². The largest absolute Gasteiger partial charge is 0.329 e. The van der Waals surface area contributed by atoms with E-state index in [1.807, 2.05) is 19.2 Å². The van der Waals surface area contributed by atoms with E-state index >= 15 is 0 Å². The summed E-state index contributed by atoms with van der Waals surface area (Å²) in [5, 5.41) is 0. The van der Waals surface area contributed by atoms with E-state index in [0.29, 0.717) is 13.1 Å². The molecule has 0 saturated carbocycles. The lowest BCUT2D eigenvalue weighted by Gasteiger charge is -2.37. The first-order valence-corrected chi connectivity index (χ1v) is 6.00. The second kappa shape index (κ2) is 5.61. The van der Waals surface area contributed by atoms with Gasteiger partial charge in [-0.3, -0.25) is 4.90 Å². The first kappa shape index (κ1) is 14.1. The SMILES string of the molecule is CN(Cc1ccccc1F)C(CN)C(C)(C)C. The van der Waals surface area contributed by atoms with Crippen molar-refractivity contribution in [2.45, 2.75) is 33.4 Å². The van der Waals surface area contributed by atoms with Gasteiger partial charge in [-0.1, -0.05) is 39.0 Å². The molecule has 0 aromatic heterocycles. The summed E-state index contributed by atoms with van der Waals surface area (Å²) in [6, 6.07) is 7.13. The first-order valence-electron chi connectivity index (χ1n) is 6.00. The van der Waals surface area contributed by atoms with Crippen molar-refractivity contribution in [2.75, 3.05) is 13.6 Å². The molecule has 96 valence electrons. The molecule has 0 spiro atoms. The third-order valence-corrected chi connectivity index (χ3v) is 3.13. The van der Waals surface area contributed by atoms with Crippen LogP contribution in [0.4, 0.5) is 4.39 Å². The minimum absolute atomic E-state index is 0.0920. The lowest BCUT2D eigenvalue weighted by Crippen LogP contribution is -2.46. The standard InChI is InChI=1S/C14H23FN2/c1-14(2,3)13(9-16)17(4)10-11-7-5-6-8-12(11)15/h5-8,13H,9-10,16H2,1-4H3. The number of nitrogens with zero attached hydrogens (tertiary/aromatic N) is 1. The minimum atomic E-state index is -0.149. The normalized spacial score (nSPS) is 14.1. The Labute approximate surface area is 104 Å². The topological polar surface area (TPSA) is 29.3 Å². The van der Waals surface area contributed by atoms with Crippen LogP contribution in [0.5, 0.6) is 0 Å². The molecule has 0 saturated heterocycles. The van der Waals surface area contributed by atoms with Gasteiger partial charge in [0.1, 0.15) is 5.82 Å². The van der Waals surface area contributed by atoms with Crippen molar-refractivity contribution < 1.29 is 4.39 Å². The van der Waals surface area contributed by atoms with Gasteiger partial charge in [-0.05, 0) is 18.5 Å². The zero-order valence-corrected chi connectivity index (χ0v) is 11.2. The quantitative estimate of drug-likeness (QED) is 0.873. The molecule has 0 fully saturated rings. The molecule has 0 heterocycles. The van der Waals surface area contributed by atoms with Gasteiger partial charge in [-0.25, -0.2) is 4.39 Å². The molecule has 3 heteroatoms. The number of likely N-dealkylation sites (N-methyl/N-ethyl adjacent to an activating group) is 1. The smallest absolute Gasteiger partial charge is 0.127 e. The van der Waals surface area contributed by atoms with Crippen LogP contribution in [-0.4, -0.2) is 24.5 Å². The molecule has 1 aromatic rings. The average Bonchev–Trinajstić information content (AvgIpc) is 2.20. The van der Waals surface area contributed by atoms with E-state index in [1.54, 1.807) is 6.07 Å². The van der Waals surface area contributed by atoms with Crippen LogP contribution in [0.1, 0.15) is 26.3 Å². The van der Waals surface area contributed by atoms with Crippen molar-refractivity contribution in [3.8, 4) is 0 Å². The van der Waals surface area contributed by atoms with Crippen LogP contribution in [0.15, 0.2) is 24.3 Å². The summed E-state index contributed by atoms with van der Waals surface area (Å²) in [7, 11) is 2.00. The number of hydrogen-bond acceptors (Lipinski definition) is 2. The Hall–Kier alpha value is -0.930. The van der Waals surface area contributed by atoms with Crippen LogP contribution in [-0.2, 0) is 6.54 Å². The molecule has 0 radical (unpaired) electrons. The monoisotopic (exact) mass is 238 g/mol. The average molecular weight is 238 g/mol. The highest BCUT2D eigenvalue weighted by Gasteiger charge is 2.27. The second-order valence-corrected chi connectivity index (χ2v) is 5.62. The van der Waals surface area contributed by atoms with E-state index in [1.165, 1.54) is 6.07 Å². The van der Waals surface area contributed by atoms with Gasteiger partial charge in [0.2, 0.25) is 0 Å². The van der Waals surface area contributed by atoms with Crippen molar-refractivity contribution >= 4 is 0 Å². The summed E-state index contributed by atoms with van der Waals surface area (Å²) >= 11 is 0. The molecule has 0 aliphatic heterocycles. The maximum atomic E-state index is 13.6. The van der Waals surface area contributed by atoms with Crippen LogP contribution in [0.2, 0.25) is 0 Å². The molecular formula is C14H23FN2. The van der Waals surface area contributed by atoms with Crippen molar-refractivity contribution in [3.05, 3.63) is 35.6 Å². The summed E-state index contributed by atoms with van der Waals surface area (Å²) in [6.45, 7) is 7.63. The van der Waals surface area contributed by atoms with Crippen molar-refractivity contribution in [2.24, 2.45) is 11.1 Å². The maximum absolute atomic E-state index is 13.6. The van der Waals surface area contributed by atoms with Gasteiger partial charge < -0.3 is 5.73 Å². The fourth-order valence-electron chi connectivity index (χ4n) is 2.20. The summed E-state index contributed by atoms with van der Waals surface area (Å²) in [4.78, 5) is 2.12. The minimum Gasteiger partial charge on any atom is -0.329 e. The zero-order chi connectivity index (χ0) is 13.1. The molecular weight excluding hydrogens is 215 g/mol. The molecule has 0 amide bonds. The van der Waals surface area contributed by atoms with Crippen molar-refractivity contribution in [3.63, 3.8) is 0 Å². The third-order valence-electron chi connectivity index (χ3n) is 3.13. The van der Waals surface area contributed by atoms with E-state index in [9.17, 15) is 4.39 Å². The van der Waals surface area contributed by atoms with Crippen LogP contribution in [0.25, 0.3) is 0 Å². The van der Waals surface area contributed by atoms with E-state index < -0.39 is 0 Å². The summed E-state index contributed by atoms with van der Waals surface area (Å²) in [5.74, 6) is -0.149. The van der Waals surface area contributed by atoms with E-state index in [-0.39, 0.29) is 17.3 Å². The highest BCUT2D eigenvalue weighted by atomic mass is 19.1. The molecule has 2 nitrogen and oxygen atoms in total. The summed E-state index contributed by atoms with van der Waals surface area (Å²) in [5.41, 5.74) is 6.63. The van der Waals surface area contributed by atoms with Gasteiger partial charge in [0.05, 0.1) is 0 Å². The molecule has 0 aliphatic carbocycles. The third kappa shape index (κ3) is 3.79. The molecule has 1 atom stereocenters. The second-order valence-electron chi connectivity index (χ2n) is 5.62. The Morgan fingerprint density at radius 2 is 1.88 bits per heavy atom. The van der Waals surface area contributed by atoms with Gasteiger partial charge in [-0.15, -0.1) is 0 Å². The highest BCUT2D eigenvalue weighted by molar-refractivity contribution is 5.17. The molecule has 1 unspecified atom stereocenters. The van der Waals surface area contributed by atoms with Crippen LogP contribution in [0.3, 0.4) is 0 Å². The van der Waals surface area contributed by atoms with Gasteiger partial charge in [0.15, 0.2) is 0 Å². The Bertz CT molecular complexity index is 357. The van der Waals surface area contributed by atoms with Gasteiger partial charge in [-0.2, -0.15) is 0 Å². The fourth-order valence-corrected chi connectivity index (χ4v) is 2.20. The van der Waals surface area contributed by atoms with E-state index in [2.05, 4.69) is 25.7 Å². The van der Waals surface area contributed by atoms with Gasteiger partial charge in [0, 0.05) is 24.7 Å². The predicted molar refractivity (Wildman–Crippen MR) is 70.2 cm³/mol. The predicted octanol–water partition coefficient (Wildman–Crippen LogP) is 2.63. The fraction of sp³-hybridized carbons (Fsp3) is 0.571. The number of halogens is 1. The Balaban J connectivity index is 2.78. The summed E-state index contributed by atoms with van der Waals surface area (Å²) in [6.07, 6.45) is 0. The Kier molecular flexibility index (Phi) is 4.66. The van der Waals surface area contributed by atoms with E-state index in [4.69, 9.17) is 5.73 Å². The molecule has 1 aromatic carbocycles. The van der Waals surface area contributed by atoms with Gasteiger partial charge in [0.25, 0.3) is 0 Å². The molecule has 2 N–H and O–H groups in total. The lowest BCUT2D eigenvalue weighted by atomic mass is 9.85. The lowest BCUT2D eigenvalue weighted by molar-refractivity contribution is 0.124. The van der Waals surface area contributed by atoms with Crippen molar-refractivity contribution in [1.82, 2.24) is 4.90 Å². The van der Waals surface area contributed by atoms with E-state index in [0.717, 1.165) is 5.56 Å². The van der Waals surface area contributed by atoms with Crippen LogP contribution in [0, 0.1) is 11.2 Å². The first-order chi connectivity index (χ1) is 7.86. The Morgan fingerprint density at radius 1 is 1.29 bits per heavy atom. The Morgan fingerprint density at radius 3 is 2.35 bits per heavy atom. The summed E-state index contributed by atoms with van der Waals surface area (Å²) < 4.78 is 13.6. The van der Waals surface area contributed by atoms with Crippen LogP contribution >= 0.6 is 0 Å². The highest BCUT2D eigenvalue weighted by Crippen LogP contribution is 2.24. The number of hydrogen-bond donors (Lipinski definition) is 1. The number of nitrogens with two attached hydrogens (primary N) is 1. The molecule has 1 rings (SSSR count). The number of rotatable bonds is 4. The number of benzene rings is 1. The van der Waals surface area contributed by atoms with Crippen molar-refractivity contribution in [1.29, 1.82) is 0 Å². The molecule has 17 heavy (non-hydrogen) atoms. The van der Waals surface area contributed by atoms with Gasteiger partial charge >= 0.3 is 0 Å². The molecule has 0 aliphatic rings. The zero-order valence-electron chi connectivity index (χ0n) is 11.2.